The van der Waals surface area contributed by atoms with E-state index in [1.807, 2.05) is 13.8 Å². The molecule has 1 aliphatic heterocycles. The monoisotopic (exact) mass is 175 g/mol. The number of nitrogens with one attached hydrogen (secondary N) is 1. The zero-order valence-electron chi connectivity index (χ0n) is 6.79. The van der Waals surface area contributed by atoms with E-state index in [2.05, 4.69) is 5.32 Å². The first kappa shape index (κ1) is 8.87. The number of thioether (sulfide) groups is 1. The second-order valence-corrected chi connectivity index (χ2v) is 3.82. The predicted octanol–water partition coefficient (Wildman–Crippen LogP) is 0.600. The Balaban J connectivity index is 2.31. The smallest absolute Gasteiger partial charge is 0.324 e. The molecule has 4 heteroatoms. The van der Waals surface area contributed by atoms with E-state index in [0.717, 1.165) is 5.75 Å². The molecule has 1 rings (SSSR count). The third-order valence-corrected chi connectivity index (χ3v) is 2.68. The molecule has 0 saturated carbocycles. The van der Waals surface area contributed by atoms with E-state index in [1.165, 1.54) is 0 Å². The summed E-state index contributed by atoms with van der Waals surface area (Å²) in [5.74, 6) is 0.712. The topological polar surface area (TPSA) is 38.3 Å². The molecule has 1 saturated heterocycles. The lowest BCUT2D eigenvalue weighted by Crippen LogP contribution is -2.37. The van der Waals surface area contributed by atoms with Crippen molar-refractivity contribution in [1.82, 2.24) is 5.32 Å². The minimum atomic E-state index is -0.121. The van der Waals surface area contributed by atoms with Gasteiger partial charge in [-0.1, -0.05) is 0 Å². The molecule has 0 spiro atoms. The lowest BCUT2D eigenvalue weighted by Gasteiger charge is -2.08. The Hall–Kier alpha value is -0.220. The van der Waals surface area contributed by atoms with Gasteiger partial charge in [-0.15, -0.1) is 11.8 Å². The fourth-order valence-electron chi connectivity index (χ4n) is 0.999. The first-order valence-electron chi connectivity index (χ1n) is 3.78. The Morgan fingerprint density at radius 3 is 3.00 bits per heavy atom. The summed E-state index contributed by atoms with van der Waals surface area (Å²) >= 11 is 1.75. The molecule has 2 atom stereocenters. The quantitative estimate of drug-likeness (QED) is 0.624. The van der Waals surface area contributed by atoms with Gasteiger partial charge in [0, 0.05) is 5.75 Å². The summed E-state index contributed by atoms with van der Waals surface area (Å²) in [5.41, 5.74) is 0. The summed E-state index contributed by atoms with van der Waals surface area (Å²) in [6.45, 7) is 4.34. The Morgan fingerprint density at radius 2 is 2.55 bits per heavy atom. The molecule has 0 aromatic carbocycles. The van der Waals surface area contributed by atoms with Crippen molar-refractivity contribution in [3.05, 3.63) is 0 Å². The first-order valence-corrected chi connectivity index (χ1v) is 4.83. The number of ether oxygens (including phenoxy) is 1. The van der Waals surface area contributed by atoms with E-state index in [0.29, 0.717) is 12.0 Å². The van der Waals surface area contributed by atoms with Crippen LogP contribution in [0.3, 0.4) is 0 Å². The van der Waals surface area contributed by atoms with Crippen LogP contribution in [-0.2, 0) is 9.53 Å². The third-order valence-electron chi connectivity index (χ3n) is 1.52. The highest BCUT2D eigenvalue weighted by molar-refractivity contribution is 8.00. The van der Waals surface area contributed by atoms with E-state index in [1.54, 1.807) is 11.8 Å². The van der Waals surface area contributed by atoms with Crippen molar-refractivity contribution in [2.24, 2.45) is 0 Å². The highest BCUT2D eigenvalue weighted by Gasteiger charge is 2.27. The molecule has 64 valence electrons. The number of carbonyl (C=O) groups is 1. The van der Waals surface area contributed by atoms with E-state index in [4.69, 9.17) is 4.74 Å². The van der Waals surface area contributed by atoms with Gasteiger partial charge >= 0.3 is 5.97 Å². The van der Waals surface area contributed by atoms with Crippen LogP contribution in [0.5, 0.6) is 0 Å². The van der Waals surface area contributed by atoms with Crippen LogP contribution in [0.15, 0.2) is 0 Å². The van der Waals surface area contributed by atoms with Gasteiger partial charge in [0.2, 0.25) is 0 Å². The van der Waals surface area contributed by atoms with Crippen molar-refractivity contribution in [2.45, 2.75) is 25.3 Å². The minimum Gasteiger partial charge on any atom is -0.465 e. The van der Waals surface area contributed by atoms with Gasteiger partial charge in [0.25, 0.3) is 0 Å². The van der Waals surface area contributed by atoms with Crippen molar-refractivity contribution in [2.75, 3.05) is 12.4 Å². The average molecular weight is 175 g/mol. The van der Waals surface area contributed by atoms with E-state index >= 15 is 0 Å². The van der Waals surface area contributed by atoms with Gasteiger partial charge in [0.15, 0.2) is 0 Å². The molecule has 0 bridgehead atoms. The summed E-state index contributed by atoms with van der Waals surface area (Å²) in [6, 6.07) is -0.0880. The highest BCUT2D eigenvalue weighted by atomic mass is 32.2. The second-order valence-electron chi connectivity index (χ2n) is 2.45. The van der Waals surface area contributed by atoms with E-state index in [-0.39, 0.29) is 12.0 Å². The van der Waals surface area contributed by atoms with Gasteiger partial charge in [0.05, 0.1) is 12.0 Å². The molecular weight excluding hydrogens is 162 g/mol. The SMILES string of the molecule is CCOC(=O)[C@H]1CSC(C)N1. The number of carbonyl (C=O) groups excluding carboxylic acids is 1. The van der Waals surface area contributed by atoms with E-state index in [9.17, 15) is 4.79 Å². The zero-order valence-corrected chi connectivity index (χ0v) is 7.61. The molecule has 0 aliphatic carbocycles. The highest BCUT2D eigenvalue weighted by Crippen LogP contribution is 2.18. The maximum absolute atomic E-state index is 11.1. The summed E-state index contributed by atoms with van der Waals surface area (Å²) in [6.07, 6.45) is 0. The molecule has 0 aromatic heterocycles. The Kier molecular flexibility index (Phi) is 3.20. The average Bonchev–Trinajstić information content (AvgIpc) is 2.36. The molecular formula is C7H13NO2S. The summed E-state index contributed by atoms with van der Waals surface area (Å²) in [4.78, 5) is 11.1. The Morgan fingerprint density at radius 1 is 1.82 bits per heavy atom. The van der Waals surface area contributed by atoms with Crippen LogP contribution < -0.4 is 5.32 Å². The van der Waals surface area contributed by atoms with Crippen molar-refractivity contribution >= 4 is 17.7 Å². The van der Waals surface area contributed by atoms with Crippen LogP contribution >= 0.6 is 11.8 Å². The van der Waals surface area contributed by atoms with Gasteiger partial charge in [-0.2, -0.15) is 0 Å². The molecule has 1 heterocycles. The third kappa shape index (κ3) is 2.38. The van der Waals surface area contributed by atoms with Gasteiger partial charge in [-0.25, -0.2) is 0 Å². The van der Waals surface area contributed by atoms with Crippen molar-refractivity contribution in [1.29, 1.82) is 0 Å². The van der Waals surface area contributed by atoms with Crippen LogP contribution in [0.25, 0.3) is 0 Å². The lowest BCUT2D eigenvalue weighted by atomic mass is 10.3. The lowest BCUT2D eigenvalue weighted by molar-refractivity contribution is -0.144. The Labute approximate surface area is 70.9 Å². The van der Waals surface area contributed by atoms with Gasteiger partial charge in [0.1, 0.15) is 6.04 Å². The predicted molar refractivity (Wildman–Crippen MR) is 45.5 cm³/mol. The number of rotatable bonds is 2. The molecule has 0 amide bonds. The first-order chi connectivity index (χ1) is 5.24. The van der Waals surface area contributed by atoms with Crippen molar-refractivity contribution in [3.8, 4) is 0 Å². The maximum atomic E-state index is 11.1. The van der Waals surface area contributed by atoms with Crippen LogP contribution in [-0.4, -0.2) is 29.7 Å². The zero-order chi connectivity index (χ0) is 8.27. The maximum Gasteiger partial charge on any atom is 0.324 e. The van der Waals surface area contributed by atoms with Gasteiger partial charge in [-0.3, -0.25) is 10.1 Å². The van der Waals surface area contributed by atoms with Crippen LogP contribution in [0.1, 0.15) is 13.8 Å². The molecule has 1 aliphatic rings. The fraction of sp³-hybridized carbons (Fsp3) is 0.857. The molecule has 3 nitrogen and oxygen atoms in total. The van der Waals surface area contributed by atoms with E-state index < -0.39 is 0 Å². The largest absolute Gasteiger partial charge is 0.465 e. The molecule has 1 unspecified atom stereocenters. The number of hydrogen-bond acceptors (Lipinski definition) is 4. The van der Waals surface area contributed by atoms with Gasteiger partial charge < -0.3 is 4.74 Å². The molecule has 0 aromatic rings. The molecule has 11 heavy (non-hydrogen) atoms. The Bertz CT molecular complexity index is 151. The molecule has 1 N–H and O–H groups in total. The second kappa shape index (κ2) is 3.97. The molecule has 0 radical (unpaired) electrons. The van der Waals surface area contributed by atoms with Crippen LogP contribution in [0, 0.1) is 0 Å². The summed E-state index contributed by atoms with van der Waals surface area (Å²) < 4.78 is 4.86. The summed E-state index contributed by atoms with van der Waals surface area (Å²) in [7, 11) is 0. The minimum absolute atomic E-state index is 0.0880. The van der Waals surface area contributed by atoms with Gasteiger partial charge in [-0.05, 0) is 13.8 Å². The van der Waals surface area contributed by atoms with Crippen molar-refractivity contribution in [3.63, 3.8) is 0 Å². The van der Waals surface area contributed by atoms with Crippen molar-refractivity contribution < 1.29 is 9.53 Å². The fourth-order valence-corrected chi connectivity index (χ4v) is 1.97. The summed E-state index contributed by atoms with van der Waals surface area (Å²) in [5, 5.41) is 3.51. The molecule has 1 fully saturated rings. The number of hydrogen-bond donors (Lipinski definition) is 1. The number of esters is 1. The normalized spacial score (nSPS) is 30.4. The van der Waals surface area contributed by atoms with Crippen LogP contribution in [0.4, 0.5) is 0 Å². The standard InChI is InChI=1S/C7H13NO2S/c1-3-10-7(9)6-4-11-5(2)8-6/h5-6,8H,3-4H2,1-2H3/t5?,6-/m1/s1. The van der Waals surface area contributed by atoms with Crippen LogP contribution in [0.2, 0.25) is 0 Å².